The number of fused-ring (bicyclic) bond motifs is 1. The van der Waals surface area contributed by atoms with Gasteiger partial charge in [0.15, 0.2) is 0 Å². The van der Waals surface area contributed by atoms with E-state index in [2.05, 4.69) is 15.6 Å². The summed E-state index contributed by atoms with van der Waals surface area (Å²) in [6.45, 7) is 0.663. The molecule has 0 unspecified atom stereocenters. The highest BCUT2D eigenvalue weighted by Crippen LogP contribution is 2.20. The number of para-hydroxylation sites is 1. The van der Waals surface area contributed by atoms with E-state index in [0.29, 0.717) is 24.3 Å². The molecule has 0 saturated heterocycles. The Morgan fingerprint density at radius 1 is 1.08 bits per heavy atom. The molecule has 0 atom stereocenters. The number of pyridine rings is 1. The first-order valence-corrected chi connectivity index (χ1v) is 8.74. The van der Waals surface area contributed by atoms with E-state index in [9.17, 15) is 14.4 Å². The molecule has 1 aliphatic carbocycles. The summed E-state index contributed by atoms with van der Waals surface area (Å²) in [6.07, 6.45) is 3.77. The SMILES string of the molecule is NCCNC(=O)c1ccccc1NC(=O)c1cc2c([nH]c1=O)CCCC2. The van der Waals surface area contributed by atoms with E-state index in [4.69, 9.17) is 5.73 Å². The first-order chi connectivity index (χ1) is 12.6. The van der Waals surface area contributed by atoms with Crippen molar-refractivity contribution < 1.29 is 9.59 Å². The molecule has 7 heteroatoms. The van der Waals surface area contributed by atoms with Crippen molar-refractivity contribution in [3.8, 4) is 0 Å². The van der Waals surface area contributed by atoms with Crippen LogP contribution in [0.25, 0.3) is 0 Å². The van der Waals surface area contributed by atoms with Crippen LogP contribution in [-0.4, -0.2) is 29.9 Å². The number of H-pyrrole nitrogens is 1. The first kappa shape index (κ1) is 17.9. The molecule has 1 aliphatic rings. The Morgan fingerprint density at radius 3 is 2.65 bits per heavy atom. The van der Waals surface area contributed by atoms with Crippen LogP contribution in [0.1, 0.15) is 44.8 Å². The number of rotatable bonds is 5. The van der Waals surface area contributed by atoms with Gasteiger partial charge >= 0.3 is 0 Å². The van der Waals surface area contributed by atoms with Gasteiger partial charge in [-0.25, -0.2) is 0 Å². The minimum Gasteiger partial charge on any atom is -0.351 e. The molecular weight excluding hydrogens is 332 g/mol. The topological polar surface area (TPSA) is 117 Å². The summed E-state index contributed by atoms with van der Waals surface area (Å²) < 4.78 is 0. The van der Waals surface area contributed by atoms with E-state index in [1.165, 1.54) is 0 Å². The van der Waals surface area contributed by atoms with Crippen molar-refractivity contribution in [3.05, 3.63) is 63.1 Å². The molecule has 0 fully saturated rings. The molecule has 0 aliphatic heterocycles. The third-order valence-corrected chi connectivity index (χ3v) is 4.43. The van der Waals surface area contributed by atoms with Crippen molar-refractivity contribution in [1.82, 2.24) is 10.3 Å². The summed E-state index contributed by atoms with van der Waals surface area (Å²) in [4.78, 5) is 39.9. The van der Waals surface area contributed by atoms with Crippen molar-refractivity contribution in [2.24, 2.45) is 5.73 Å². The van der Waals surface area contributed by atoms with Crippen molar-refractivity contribution in [2.75, 3.05) is 18.4 Å². The summed E-state index contributed by atoms with van der Waals surface area (Å²) in [6, 6.07) is 8.32. The maximum atomic E-state index is 12.6. The van der Waals surface area contributed by atoms with Crippen molar-refractivity contribution >= 4 is 17.5 Å². The molecule has 1 heterocycles. The predicted molar refractivity (Wildman–Crippen MR) is 99.5 cm³/mol. The van der Waals surface area contributed by atoms with Gasteiger partial charge in [-0.3, -0.25) is 14.4 Å². The molecule has 1 aromatic heterocycles. The maximum Gasteiger partial charge on any atom is 0.261 e. The van der Waals surface area contributed by atoms with Gasteiger partial charge in [0.2, 0.25) is 0 Å². The number of benzene rings is 1. The number of aromatic amines is 1. The second-order valence-electron chi connectivity index (χ2n) is 6.27. The average Bonchev–Trinajstić information content (AvgIpc) is 2.65. The van der Waals surface area contributed by atoms with E-state index in [1.54, 1.807) is 30.3 Å². The van der Waals surface area contributed by atoms with Crippen LogP contribution in [0.3, 0.4) is 0 Å². The molecule has 2 amide bonds. The van der Waals surface area contributed by atoms with Gasteiger partial charge in [0.05, 0.1) is 11.3 Å². The third kappa shape index (κ3) is 3.83. The van der Waals surface area contributed by atoms with Gasteiger partial charge in [-0.2, -0.15) is 0 Å². The highest BCUT2D eigenvalue weighted by Gasteiger charge is 2.19. The average molecular weight is 354 g/mol. The predicted octanol–water partition coefficient (Wildman–Crippen LogP) is 1.19. The van der Waals surface area contributed by atoms with Gasteiger partial charge in [0.1, 0.15) is 5.56 Å². The molecule has 0 saturated carbocycles. The number of nitrogens with two attached hydrogens (primary N) is 1. The molecule has 136 valence electrons. The van der Waals surface area contributed by atoms with Crippen LogP contribution < -0.4 is 21.9 Å². The van der Waals surface area contributed by atoms with Gasteiger partial charge < -0.3 is 21.4 Å². The molecule has 0 bridgehead atoms. The van der Waals surface area contributed by atoms with Gasteiger partial charge in [-0.1, -0.05) is 12.1 Å². The van der Waals surface area contributed by atoms with E-state index in [1.807, 2.05) is 0 Å². The number of aromatic nitrogens is 1. The van der Waals surface area contributed by atoms with Gasteiger partial charge in [0, 0.05) is 18.8 Å². The molecule has 0 radical (unpaired) electrons. The number of amides is 2. The van der Waals surface area contributed by atoms with Gasteiger partial charge in [-0.15, -0.1) is 0 Å². The van der Waals surface area contributed by atoms with Crippen LogP contribution in [0.2, 0.25) is 0 Å². The Labute approximate surface area is 151 Å². The summed E-state index contributed by atoms with van der Waals surface area (Å²) in [7, 11) is 0. The number of carbonyl (C=O) groups excluding carboxylic acids is 2. The van der Waals surface area contributed by atoms with Crippen LogP contribution in [0.15, 0.2) is 35.1 Å². The zero-order valence-corrected chi connectivity index (χ0v) is 14.4. The zero-order valence-electron chi connectivity index (χ0n) is 14.4. The summed E-state index contributed by atoms with van der Waals surface area (Å²) in [5.74, 6) is -0.857. The van der Waals surface area contributed by atoms with E-state index >= 15 is 0 Å². The lowest BCUT2D eigenvalue weighted by atomic mass is 9.95. The lowest BCUT2D eigenvalue weighted by Crippen LogP contribution is -2.30. The zero-order chi connectivity index (χ0) is 18.5. The van der Waals surface area contributed by atoms with Crippen LogP contribution in [0, 0.1) is 0 Å². The highest BCUT2D eigenvalue weighted by atomic mass is 16.2. The lowest BCUT2D eigenvalue weighted by Gasteiger charge is -2.16. The molecule has 7 nitrogen and oxygen atoms in total. The van der Waals surface area contributed by atoms with Crippen molar-refractivity contribution in [3.63, 3.8) is 0 Å². The van der Waals surface area contributed by atoms with Crippen LogP contribution >= 0.6 is 0 Å². The Kier molecular flexibility index (Phi) is 5.48. The fourth-order valence-electron chi connectivity index (χ4n) is 3.10. The normalized spacial score (nSPS) is 13.0. The number of carbonyl (C=O) groups is 2. The third-order valence-electron chi connectivity index (χ3n) is 4.43. The fourth-order valence-corrected chi connectivity index (χ4v) is 3.10. The fraction of sp³-hybridized carbons (Fsp3) is 0.316. The number of hydrogen-bond donors (Lipinski definition) is 4. The van der Waals surface area contributed by atoms with Crippen LogP contribution in [0.5, 0.6) is 0 Å². The summed E-state index contributed by atoms with van der Waals surface area (Å²) in [5.41, 5.74) is 7.65. The molecule has 1 aromatic carbocycles. The Bertz CT molecular complexity index is 889. The number of hydrogen-bond acceptors (Lipinski definition) is 4. The van der Waals surface area contributed by atoms with Crippen LogP contribution in [0.4, 0.5) is 5.69 Å². The minimum absolute atomic E-state index is 0.0582. The van der Waals surface area contributed by atoms with E-state index < -0.39 is 11.5 Å². The first-order valence-electron chi connectivity index (χ1n) is 8.74. The smallest absolute Gasteiger partial charge is 0.261 e. The number of anilines is 1. The largest absolute Gasteiger partial charge is 0.351 e. The van der Waals surface area contributed by atoms with Gasteiger partial charge in [0.25, 0.3) is 17.4 Å². The van der Waals surface area contributed by atoms with E-state index in [0.717, 1.165) is 36.9 Å². The highest BCUT2D eigenvalue weighted by molar-refractivity contribution is 6.08. The van der Waals surface area contributed by atoms with Crippen LogP contribution in [-0.2, 0) is 12.8 Å². The molecule has 2 aromatic rings. The summed E-state index contributed by atoms with van der Waals surface area (Å²) >= 11 is 0. The lowest BCUT2D eigenvalue weighted by molar-refractivity contribution is 0.0955. The quantitative estimate of drug-likeness (QED) is 0.645. The van der Waals surface area contributed by atoms with Crippen molar-refractivity contribution in [2.45, 2.75) is 25.7 Å². The van der Waals surface area contributed by atoms with Crippen molar-refractivity contribution in [1.29, 1.82) is 0 Å². The molecule has 26 heavy (non-hydrogen) atoms. The molecule has 3 rings (SSSR count). The second kappa shape index (κ2) is 7.97. The monoisotopic (exact) mass is 354 g/mol. The molecule has 5 N–H and O–H groups in total. The Balaban J connectivity index is 1.85. The number of aryl methyl sites for hydroxylation is 2. The van der Waals surface area contributed by atoms with Gasteiger partial charge in [-0.05, 0) is 49.4 Å². The molecule has 0 spiro atoms. The summed E-state index contributed by atoms with van der Waals surface area (Å²) in [5, 5.41) is 5.35. The second-order valence-corrected chi connectivity index (χ2v) is 6.27. The standard InChI is InChI=1S/C19H22N4O3/c20-9-10-21-17(24)13-6-2-4-8-16(13)23-19(26)14-11-12-5-1-3-7-15(12)22-18(14)25/h2,4,6,8,11H,1,3,5,7,9-10,20H2,(H,21,24)(H,22,25)(H,23,26). The Hall–Kier alpha value is -2.93. The van der Waals surface area contributed by atoms with E-state index in [-0.39, 0.29) is 11.5 Å². The minimum atomic E-state index is -0.529. The molecular formula is C19H22N4O3. The maximum absolute atomic E-state index is 12.6. The number of nitrogens with one attached hydrogen (secondary N) is 3. The Morgan fingerprint density at radius 2 is 1.85 bits per heavy atom.